The summed E-state index contributed by atoms with van der Waals surface area (Å²) in [4.78, 5) is 0. The molecule has 0 amide bonds. The zero-order valence-corrected chi connectivity index (χ0v) is 7.51. The largest absolute Gasteiger partial charge is 0.466 e. The zero-order valence-electron chi connectivity index (χ0n) is 7.51. The lowest BCUT2D eigenvalue weighted by atomic mass is 10.5. The van der Waals surface area contributed by atoms with Crippen molar-refractivity contribution in [3.05, 3.63) is 6.20 Å². The molecule has 4 nitrogen and oxygen atoms in total. The fourth-order valence-corrected chi connectivity index (χ4v) is 0.843. The number of nitrogens with zero attached hydrogens (tertiary/aromatic N) is 2. The maximum atomic E-state index is 11.8. The highest BCUT2D eigenvalue weighted by Crippen LogP contribution is 2.21. The average Bonchev–Trinajstić information content (AvgIpc) is 2.42. The van der Waals surface area contributed by atoms with Gasteiger partial charge in [0.25, 0.3) is 5.88 Å². The van der Waals surface area contributed by atoms with Crippen LogP contribution in [0.4, 0.5) is 18.9 Å². The first kappa shape index (κ1) is 10.7. The first-order valence-electron chi connectivity index (χ1n) is 3.95. The Balaban J connectivity index is 2.63. The van der Waals surface area contributed by atoms with Crippen LogP contribution in [0.25, 0.3) is 0 Å². The third-order valence-electron chi connectivity index (χ3n) is 1.45. The third kappa shape index (κ3) is 2.82. The Labute approximate surface area is 78.4 Å². The van der Waals surface area contributed by atoms with Crippen molar-refractivity contribution in [1.29, 1.82) is 0 Å². The van der Waals surface area contributed by atoms with Gasteiger partial charge in [-0.15, -0.1) is 5.10 Å². The Morgan fingerprint density at radius 1 is 1.57 bits per heavy atom. The number of hydrogen-bond donors (Lipinski definition) is 1. The van der Waals surface area contributed by atoms with E-state index in [1.165, 1.54) is 10.9 Å². The van der Waals surface area contributed by atoms with Crippen LogP contribution in [0, 0.1) is 0 Å². The van der Waals surface area contributed by atoms with Crippen molar-refractivity contribution < 1.29 is 17.9 Å². The number of rotatable bonds is 3. The maximum Gasteiger partial charge on any atom is 0.422 e. The first-order valence-corrected chi connectivity index (χ1v) is 3.95. The zero-order chi connectivity index (χ0) is 10.8. The Bertz CT molecular complexity index is 308. The van der Waals surface area contributed by atoms with Gasteiger partial charge in [0, 0.05) is 6.54 Å². The molecule has 0 bridgehead atoms. The third-order valence-corrected chi connectivity index (χ3v) is 1.45. The fourth-order valence-electron chi connectivity index (χ4n) is 0.843. The van der Waals surface area contributed by atoms with Gasteiger partial charge < -0.3 is 10.5 Å². The SMILES string of the molecule is CCn1cc(N)c(OCC(F)(F)F)n1. The molecule has 14 heavy (non-hydrogen) atoms. The lowest BCUT2D eigenvalue weighted by molar-refractivity contribution is -0.154. The maximum absolute atomic E-state index is 11.8. The molecule has 0 saturated heterocycles. The Hall–Kier alpha value is -1.40. The number of halogens is 3. The van der Waals surface area contributed by atoms with Gasteiger partial charge in [-0.2, -0.15) is 13.2 Å². The summed E-state index contributed by atoms with van der Waals surface area (Å²) in [5, 5.41) is 3.70. The van der Waals surface area contributed by atoms with Crippen LogP contribution in [0.3, 0.4) is 0 Å². The minimum Gasteiger partial charge on any atom is -0.466 e. The van der Waals surface area contributed by atoms with Crippen LogP contribution in [0.1, 0.15) is 6.92 Å². The van der Waals surface area contributed by atoms with Crippen LogP contribution in [-0.4, -0.2) is 22.6 Å². The second-order valence-corrected chi connectivity index (χ2v) is 2.65. The molecular formula is C7H10F3N3O. The standard InChI is InChI=1S/C7H10F3N3O/c1-2-13-3-5(11)6(12-13)14-4-7(8,9)10/h3H,2,4,11H2,1H3. The smallest absolute Gasteiger partial charge is 0.422 e. The van der Waals surface area contributed by atoms with Gasteiger partial charge in [0.05, 0.1) is 6.20 Å². The number of alkyl halides is 3. The van der Waals surface area contributed by atoms with Crippen LogP contribution >= 0.6 is 0 Å². The van der Waals surface area contributed by atoms with E-state index in [-0.39, 0.29) is 11.6 Å². The second kappa shape index (κ2) is 3.77. The predicted molar refractivity (Wildman–Crippen MR) is 43.9 cm³/mol. The van der Waals surface area contributed by atoms with Gasteiger partial charge in [-0.25, -0.2) is 0 Å². The molecule has 1 heterocycles. The van der Waals surface area contributed by atoms with E-state index < -0.39 is 12.8 Å². The van der Waals surface area contributed by atoms with Gasteiger partial charge in [-0.05, 0) is 6.92 Å². The van der Waals surface area contributed by atoms with Crippen molar-refractivity contribution in [2.75, 3.05) is 12.3 Å². The van der Waals surface area contributed by atoms with Crippen molar-refractivity contribution >= 4 is 5.69 Å². The van der Waals surface area contributed by atoms with E-state index in [0.29, 0.717) is 6.54 Å². The Morgan fingerprint density at radius 3 is 2.64 bits per heavy atom. The second-order valence-electron chi connectivity index (χ2n) is 2.65. The van der Waals surface area contributed by atoms with Gasteiger partial charge in [0.1, 0.15) is 5.69 Å². The molecule has 0 atom stereocenters. The highest BCUT2D eigenvalue weighted by Gasteiger charge is 2.29. The lowest BCUT2D eigenvalue weighted by Gasteiger charge is -2.06. The summed E-state index contributed by atoms with van der Waals surface area (Å²) in [6.45, 7) is 0.942. The van der Waals surface area contributed by atoms with Crippen LogP contribution in [0.15, 0.2) is 6.20 Å². The summed E-state index contributed by atoms with van der Waals surface area (Å²) in [7, 11) is 0. The summed E-state index contributed by atoms with van der Waals surface area (Å²) in [6, 6.07) is 0. The van der Waals surface area contributed by atoms with Gasteiger partial charge >= 0.3 is 6.18 Å². The predicted octanol–water partition coefficient (Wildman–Crippen LogP) is 1.43. The molecule has 7 heteroatoms. The van der Waals surface area contributed by atoms with Crippen LogP contribution < -0.4 is 10.5 Å². The molecule has 1 rings (SSSR count). The molecule has 2 N–H and O–H groups in total. The molecule has 0 spiro atoms. The molecule has 0 saturated carbocycles. The molecule has 0 aliphatic heterocycles. The summed E-state index contributed by atoms with van der Waals surface area (Å²) < 4.78 is 41.1. The number of anilines is 1. The number of aryl methyl sites for hydroxylation is 1. The highest BCUT2D eigenvalue weighted by molar-refractivity contribution is 5.45. The Kier molecular flexibility index (Phi) is 2.87. The molecule has 1 aromatic heterocycles. The first-order chi connectivity index (χ1) is 6.42. The minimum atomic E-state index is -4.37. The number of hydrogen-bond acceptors (Lipinski definition) is 3. The quantitative estimate of drug-likeness (QED) is 0.819. The summed E-state index contributed by atoms with van der Waals surface area (Å²) >= 11 is 0. The van der Waals surface area contributed by atoms with Crippen molar-refractivity contribution in [3.8, 4) is 5.88 Å². The number of aromatic nitrogens is 2. The van der Waals surface area contributed by atoms with Crippen molar-refractivity contribution in [1.82, 2.24) is 9.78 Å². The number of ether oxygens (including phenoxy) is 1. The monoisotopic (exact) mass is 209 g/mol. The molecule has 0 radical (unpaired) electrons. The average molecular weight is 209 g/mol. The van der Waals surface area contributed by atoms with Crippen LogP contribution in [0.5, 0.6) is 5.88 Å². The molecule has 0 aliphatic rings. The van der Waals surface area contributed by atoms with Gasteiger partial charge in [-0.1, -0.05) is 0 Å². The van der Waals surface area contributed by atoms with E-state index in [1.54, 1.807) is 6.92 Å². The lowest BCUT2D eigenvalue weighted by Crippen LogP contribution is -2.19. The Morgan fingerprint density at radius 2 is 2.21 bits per heavy atom. The van der Waals surface area contributed by atoms with Gasteiger partial charge in [-0.3, -0.25) is 4.68 Å². The molecular weight excluding hydrogens is 199 g/mol. The molecule has 0 aromatic carbocycles. The molecule has 0 aliphatic carbocycles. The summed E-state index contributed by atoms with van der Waals surface area (Å²) in [6.07, 6.45) is -2.95. The molecule has 0 fully saturated rings. The van der Waals surface area contributed by atoms with E-state index in [1.807, 2.05) is 0 Å². The van der Waals surface area contributed by atoms with E-state index in [2.05, 4.69) is 9.84 Å². The number of nitrogens with two attached hydrogens (primary N) is 1. The topological polar surface area (TPSA) is 53.1 Å². The van der Waals surface area contributed by atoms with E-state index >= 15 is 0 Å². The van der Waals surface area contributed by atoms with Crippen molar-refractivity contribution in [2.45, 2.75) is 19.6 Å². The van der Waals surface area contributed by atoms with E-state index in [4.69, 9.17) is 5.73 Å². The summed E-state index contributed by atoms with van der Waals surface area (Å²) in [5.74, 6) is -0.177. The molecule has 0 unspecified atom stereocenters. The van der Waals surface area contributed by atoms with Crippen LogP contribution in [-0.2, 0) is 6.54 Å². The van der Waals surface area contributed by atoms with E-state index in [0.717, 1.165) is 0 Å². The minimum absolute atomic E-state index is 0.107. The van der Waals surface area contributed by atoms with Gasteiger partial charge in [0.15, 0.2) is 6.61 Å². The highest BCUT2D eigenvalue weighted by atomic mass is 19.4. The van der Waals surface area contributed by atoms with Gasteiger partial charge in [0.2, 0.25) is 0 Å². The van der Waals surface area contributed by atoms with Crippen LogP contribution in [0.2, 0.25) is 0 Å². The van der Waals surface area contributed by atoms with E-state index in [9.17, 15) is 13.2 Å². The fraction of sp³-hybridized carbons (Fsp3) is 0.571. The summed E-state index contributed by atoms with van der Waals surface area (Å²) in [5.41, 5.74) is 5.48. The van der Waals surface area contributed by atoms with Crippen molar-refractivity contribution in [3.63, 3.8) is 0 Å². The van der Waals surface area contributed by atoms with Crippen molar-refractivity contribution in [2.24, 2.45) is 0 Å². The molecule has 1 aromatic rings. The number of nitrogen functional groups attached to an aromatic ring is 1. The molecule has 80 valence electrons. The normalized spacial score (nSPS) is 11.7.